The van der Waals surface area contributed by atoms with Crippen LogP contribution in [-0.4, -0.2) is 19.7 Å². The molecule has 0 fully saturated rings. The predicted octanol–water partition coefficient (Wildman–Crippen LogP) is 1.64. The first kappa shape index (κ1) is 14.4. The van der Waals surface area contributed by atoms with Crippen molar-refractivity contribution in [3.8, 4) is 6.07 Å². The van der Waals surface area contributed by atoms with Crippen molar-refractivity contribution in [1.82, 2.24) is 4.72 Å². The Balaban J connectivity index is 4.77. The van der Waals surface area contributed by atoms with Crippen LogP contribution in [0.15, 0.2) is 0 Å². The summed E-state index contributed by atoms with van der Waals surface area (Å²) in [7, 11) is -3.35. The molecule has 0 saturated heterocycles. The Kier molecular flexibility index (Phi) is 5.26. The highest BCUT2D eigenvalue weighted by molar-refractivity contribution is 7.89. The third-order valence-electron chi connectivity index (χ3n) is 2.32. The fourth-order valence-corrected chi connectivity index (χ4v) is 3.24. The Hall–Kier alpha value is -0.600. The second-order valence-electron chi connectivity index (χ2n) is 4.18. The molecule has 0 aromatic heterocycles. The highest BCUT2D eigenvalue weighted by atomic mass is 32.2. The van der Waals surface area contributed by atoms with Gasteiger partial charge >= 0.3 is 0 Å². The van der Waals surface area contributed by atoms with E-state index >= 15 is 0 Å². The molecule has 1 N–H and O–H groups in total. The SMILES string of the molecule is CCC(C#N)(CC)NS(=O)(=O)CC(C)C. The molecule has 0 aliphatic heterocycles. The number of hydrogen-bond acceptors (Lipinski definition) is 3. The van der Waals surface area contributed by atoms with Crippen LogP contribution in [0.1, 0.15) is 40.5 Å². The Labute approximate surface area is 92.7 Å². The molecule has 0 bridgehead atoms. The van der Waals surface area contributed by atoms with Gasteiger partial charge in [0.25, 0.3) is 0 Å². The summed E-state index contributed by atoms with van der Waals surface area (Å²) in [5.41, 5.74) is -0.937. The molecule has 0 aromatic rings. The summed E-state index contributed by atoms with van der Waals surface area (Å²) in [6.07, 6.45) is 0.967. The summed E-state index contributed by atoms with van der Waals surface area (Å²) in [5.74, 6) is 0.129. The van der Waals surface area contributed by atoms with Crippen molar-refractivity contribution in [3.63, 3.8) is 0 Å². The predicted molar refractivity (Wildman–Crippen MR) is 60.7 cm³/mol. The average molecular weight is 232 g/mol. The zero-order valence-electron chi connectivity index (χ0n) is 9.87. The lowest BCUT2D eigenvalue weighted by Crippen LogP contribution is -2.47. The van der Waals surface area contributed by atoms with E-state index in [1.165, 1.54) is 0 Å². The second kappa shape index (κ2) is 5.47. The van der Waals surface area contributed by atoms with Crippen LogP contribution in [0.5, 0.6) is 0 Å². The molecule has 0 radical (unpaired) electrons. The van der Waals surface area contributed by atoms with Crippen molar-refractivity contribution in [2.75, 3.05) is 5.75 Å². The molecule has 5 heteroatoms. The first-order chi connectivity index (χ1) is 6.81. The van der Waals surface area contributed by atoms with Gasteiger partial charge in [-0.2, -0.15) is 9.98 Å². The van der Waals surface area contributed by atoms with Gasteiger partial charge in [0, 0.05) is 0 Å². The molecule has 0 amide bonds. The lowest BCUT2D eigenvalue weighted by atomic mass is 9.97. The maximum Gasteiger partial charge on any atom is 0.213 e. The summed E-state index contributed by atoms with van der Waals surface area (Å²) in [4.78, 5) is 0. The summed E-state index contributed by atoms with van der Waals surface area (Å²) in [5, 5.41) is 9.00. The fraction of sp³-hybridized carbons (Fsp3) is 0.900. The molecule has 0 saturated carbocycles. The third kappa shape index (κ3) is 4.63. The lowest BCUT2D eigenvalue weighted by Gasteiger charge is -2.25. The molecular weight excluding hydrogens is 212 g/mol. The molecule has 4 nitrogen and oxygen atoms in total. The Morgan fingerprint density at radius 2 is 1.80 bits per heavy atom. The van der Waals surface area contributed by atoms with Crippen LogP contribution < -0.4 is 4.72 Å². The maximum atomic E-state index is 11.7. The van der Waals surface area contributed by atoms with Gasteiger partial charge in [0.2, 0.25) is 10.0 Å². The van der Waals surface area contributed by atoms with Gasteiger partial charge in [-0.25, -0.2) is 8.42 Å². The molecule has 0 aliphatic carbocycles. The largest absolute Gasteiger partial charge is 0.213 e. The van der Waals surface area contributed by atoms with Crippen molar-refractivity contribution in [3.05, 3.63) is 0 Å². The van der Waals surface area contributed by atoms with Gasteiger partial charge in [-0.3, -0.25) is 0 Å². The number of rotatable bonds is 6. The molecule has 88 valence electrons. The Bertz CT molecular complexity index is 324. The Morgan fingerprint density at radius 3 is 2.07 bits per heavy atom. The van der Waals surface area contributed by atoms with E-state index in [4.69, 9.17) is 5.26 Å². The van der Waals surface area contributed by atoms with Crippen molar-refractivity contribution in [1.29, 1.82) is 5.26 Å². The van der Waals surface area contributed by atoms with Gasteiger partial charge in [0.05, 0.1) is 11.8 Å². The van der Waals surface area contributed by atoms with Gasteiger partial charge in [-0.15, -0.1) is 0 Å². The quantitative estimate of drug-likeness (QED) is 0.757. The minimum absolute atomic E-state index is 0.0626. The lowest BCUT2D eigenvalue weighted by molar-refractivity contribution is 0.444. The topological polar surface area (TPSA) is 70.0 Å². The number of sulfonamides is 1. The van der Waals surface area contributed by atoms with E-state index in [0.717, 1.165) is 0 Å². The zero-order chi connectivity index (χ0) is 12.1. The van der Waals surface area contributed by atoms with Crippen LogP contribution >= 0.6 is 0 Å². The van der Waals surface area contributed by atoms with Crippen molar-refractivity contribution >= 4 is 10.0 Å². The molecular formula is C10H20N2O2S. The molecule has 0 spiro atoms. The fourth-order valence-electron chi connectivity index (χ4n) is 1.35. The van der Waals surface area contributed by atoms with Gasteiger partial charge < -0.3 is 0 Å². The monoisotopic (exact) mass is 232 g/mol. The maximum absolute atomic E-state index is 11.7. The minimum atomic E-state index is -3.35. The first-order valence-electron chi connectivity index (χ1n) is 5.23. The standard InChI is InChI=1S/C10H20N2O2S/c1-5-10(6-2,8-11)12-15(13,14)7-9(3)4/h9,12H,5-7H2,1-4H3. The molecule has 0 rings (SSSR count). The summed E-state index contributed by atoms with van der Waals surface area (Å²) in [6, 6.07) is 2.05. The summed E-state index contributed by atoms with van der Waals surface area (Å²) < 4.78 is 25.8. The third-order valence-corrected chi connectivity index (χ3v) is 4.13. The number of nitrogens with one attached hydrogen (secondary N) is 1. The van der Waals surface area contributed by atoms with Gasteiger partial charge in [0.1, 0.15) is 5.54 Å². The molecule has 0 atom stereocenters. The first-order valence-corrected chi connectivity index (χ1v) is 6.89. The van der Waals surface area contributed by atoms with E-state index in [0.29, 0.717) is 12.8 Å². The van der Waals surface area contributed by atoms with Crippen molar-refractivity contribution in [2.24, 2.45) is 5.92 Å². The van der Waals surface area contributed by atoms with Gasteiger partial charge in [0.15, 0.2) is 0 Å². The molecule has 0 aromatic carbocycles. The zero-order valence-corrected chi connectivity index (χ0v) is 10.7. The Morgan fingerprint density at radius 1 is 1.33 bits per heavy atom. The van der Waals surface area contributed by atoms with Crippen LogP contribution in [0, 0.1) is 17.2 Å². The highest BCUT2D eigenvalue weighted by Gasteiger charge is 2.31. The van der Waals surface area contributed by atoms with E-state index in [-0.39, 0.29) is 11.7 Å². The normalized spacial score (nSPS) is 12.8. The summed E-state index contributed by atoms with van der Waals surface area (Å²) in [6.45, 7) is 7.30. The average Bonchev–Trinajstić information content (AvgIpc) is 2.12. The van der Waals surface area contributed by atoms with Crippen LogP contribution in [0.4, 0.5) is 0 Å². The van der Waals surface area contributed by atoms with Crippen LogP contribution in [-0.2, 0) is 10.0 Å². The van der Waals surface area contributed by atoms with E-state index < -0.39 is 15.6 Å². The van der Waals surface area contributed by atoms with Crippen LogP contribution in [0.3, 0.4) is 0 Å². The van der Waals surface area contributed by atoms with Crippen LogP contribution in [0.25, 0.3) is 0 Å². The summed E-state index contributed by atoms with van der Waals surface area (Å²) >= 11 is 0. The number of nitriles is 1. The van der Waals surface area contributed by atoms with E-state index in [2.05, 4.69) is 10.8 Å². The molecule has 15 heavy (non-hydrogen) atoms. The highest BCUT2D eigenvalue weighted by Crippen LogP contribution is 2.15. The second-order valence-corrected chi connectivity index (χ2v) is 5.95. The van der Waals surface area contributed by atoms with Crippen molar-refractivity contribution < 1.29 is 8.42 Å². The van der Waals surface area contributed by atoms with E-state index in [9.17, 15) is 8.42 Å². The van der Waals surface area contributed by atoms with Gasteiger partial charge in [-0.1, -0.05) is 27.7 Å². The molecule has 0 aliphatic rings. The number of hydrogen-bond donors (Lipinski definition) is 1. The minimum Gasteiger partial charge on any atom is -0.212 e. The van der Waals surface area contributed by atoms with Crippen molar-refractivity contribution in [2.45, 2.75) is 46.1 Å². The number of nitrogens with zero attached hydrogens (tertiary/aromatic N) is 1. The molecule has 0 unspecified atom stereocenters. The van der Waals surface area contributed by atoms with Crippen LogP contribution in [0.2, 0.25) is 0 Å². The molecule has 0 heterocycles. The van der Waals surface area contributed by atoms with E-state index in [1.54, 1.807) is 0 Å². The van der Waals surface area contributed by atoms with Gasteiger partial charge in [-0.05, 0) is 18.8 Å². The smallest absolute Gasteiger partial charge is 0.212 e. The van der Waals surface area contributed by atoms with E-state index in [1.807, 2.05) is 27.7 Å².